The van der Waals surface area contributed by atoms with E-state index in [0.29, 0.717) is 22.7 Å². The third-order valence-corrected chi connectivity index (χ3v) is 12.1. The van der Waals surface area contributed by atoms with E-state index in [-0.39, 0.29) is 46.8 Å². The van der Waals surface area contributed by atoms with E-state index in [0.717, 1.165) is 38.5 Å². The third-order valence-electron chi connectivity index (χ3n) is 12.1. The van der Waals surface area contributed by atoms with Crippen molar-refractivity contribution < 1.29 is 19.1 Å². The number of carbonyl (C=O) groups is 2. The van der Waals surface area contributed by atoms with Crippen LogP contribution >= 0.6 is 0 Å². The number of ether oxygens (including phenoxy) is 2. The van der Waals surface area contributed by atoms with Crippen molar-refractivity contribution in [2.75, 3.05) is 0 Å². The molecule has 0 aromatic rings. The van der Waals surface area contributed by atoms with Crippen molar-refractivity contribution in [1.29, 1.82) is 0 Å². The average Bonchev–Trinajstić information content (AvgIpc) is 3.24. The van der Waals surface area contributed by atoms with Crippen molar-refractivity contribution in [3.63, 3.8) is 0 Å². The van der Waals surface area contributed by atoms with E-state index in [9.17, 15) is 9.59 Å². The average molecular weight is 445 g/mol. The van der Waals surface area contributed by atoms with E-state index in [4.69, 9.17) is 9.47 Å². The van der Waals surface area contributed by atoms with Crippen LogP contribution in [0.1, 0.15) is 106 Å². The van der Waals surface area contributed by atoms with Crippen molar-refractivity contribution in [3.05, 3.63) is 0 Å². The Morgan fingerprint density at radius 2 is 0.938 bits per heavy atom. The van der Waals surface area contributed by atoms with Gasteiger partial charge in [0.15, 0.2) is 0 Å². The lowest BCUT2D eigenvalue weighted by molar-refractivity contribution is -0.164. The van der Waals surface area contributed by atoms with Gasteiger partial charge in [0.05, 0.1) is 11.8 Å². The fourth-order valence-corrected chi connectivity index (χ4v) is 8.72. The van der Waals surface area contributed by atoms with Crippen molar-refractivity contribution in [2.45, 2.75) is 118 Å². The van der Waals surface area contributed by atoms with Gasteiger partial charge in [-0.25, -0.2) is 0 Å². The molecule has 5 rings (SSSR count). The minimum atomic E-state index is -0.0468. The molecule has 0 saturated heterocycles. The van der Waals surface area contributed by atoms with E-state index in [1.165, 1.54) is 25.7 Å². The van der Waals surface area contributed by atoms with Crippen LogP contribution in [-0.4, -0.2) is 24.1 Å². The van der Waals surface area contributed by atoms with Crippen LogP contribution in [0.25, 0.3) is 0 Å². The summed E-state index contributed by atoms with van der Waals surface area (Å²) in [6.07, 6.45) is 10.1. The summed E-state index contributed by atoms with van der Waals surface area (Å²) in [6, 6.07) is 0. The SMILES string of the molecule is CC12CCC(C(OC(=O)C3CCC(C(=O)OC4CC5(C)CCC4C5(C)C)CC3)C1)C2(C)C. The van der Waals surface area contributed by atoms with Crippen LogP contribution in [0.4, 0.5) is 0 Å². The van der Waals surface area contributed by atoms with E-state index >= 15 is 0 Å². The molecule has 0 aromatic carbocycles. The first-order chi connectivity index (χ1) is 14.9. The van der Waals surface area contributed by atoms with Crippen LogP contribution in [0.3, 0.4) is 0 Å². The fourth-order valence-electron chi connectivity index (χ4n) is 8.72. The zero-order valence-electron chi connectivity index (χ0n) is 21.2. The monoisotopic (exact) mass is 444 g/mol. The summed E-state index contributed by atoms with van der Waals surface area (Å²) >= 11 is 0. The standard InChI is InChI=1S/C28H44O4/c1-25(2)19-11-13-27(25,5)15-21(19)31-23(29)17-7-9-18(10-8-17)24(30)32-22-16-28(6)14-12-20(22)26(28,3)4/h17-22H,7-16H2,1-6H3. The molecule has 0 aromatic heterocycles. The second kappa shape index (κ2) is 7.22. The van der Waals surface area contributed by atoms with E-state index in [1.807, 2.05) is 0 Å². The predicted molar refractivity (Wildman–Crippen MR) is 124 cm³/mol. The molecule has 0 aliphatic heterocycles. The number of esters is 2. The number of fused-ring (bicyclic) bond motifs is 4. The summed E-state index contributed by atoms with van der Waals surface area (Å²) in [6.45, 7) is 14.2. The quantitative estimate of drug-likeness (QED) is 0.477. The Morgan fingerprint density at radius 3 is 1.19 bits per heavy atom. The highest BCUT2D eigenvalue weighted by atomic mass is 16.5. The van der Waals surface area contributed by atoms with Gasteiger partial charge in [0.1, 0.15) is 12.2 Å². The summed E-state index contributed by atoms with van der Waals surface area (Å²) < 4.78 is 12.2. The van der Waals surface area contributed by atoms with Crippen molar-refractivity contribution in [1.82, 2.24) is 0 Å². The van der Waals surface area contributed by atoms with Gasteiger partial charge in [0, 0.05) is 11.8 Å². The molecule has 0 N–H and O–H groups in total. The molecule has 180 valence electrons. The second-order valence-corrected chi connectivity index (χ2v) is 13.8. The lowest BCUT2D eigenvalue weighted by Crippen LogP contribution is -2.34. The molecule has 5 aliphatic carbocycles. The maximum Gasteiger partial charge on any atom is 0.309 e. The number of rotatable bonds is 4. The Hall–Kier alpha value is -1.06. The highest BCUT2D eigenvalue weighted by molar-refractivity contribution is 5.75. The Bertz CT molecular complexity index is 720. The highest BCUT2D eigenvalue weighted by Crippen LogP contribution is 2.67. The van der Waals surface area contributed by atoms with Crippen LogP contribution in [-0.2, 0) is 19.1 Å². The van der Waals surface area contributed by atoms with Gasteiger partial charge in [-0.15, -0.1) is 0 Å². The van der Waals surface area contributed by atoms with Crippen molar-refractivity contribution >= 4 is 11.9 Å². The Kier molecular flexibility index (Phi) is 5.12. The maximum absolute atomic E-state index is 13.0. The van der Waals surface area contributed by atoms with Gasteiger partial charge in [-0.2, -0.15) is 0 Å². The lowest BCUT2D eigenvalue weighted by Gasteiger charge is -2.33. The molecule has 4 heteroatoms. The first-order valence-corrected chi connectivity index (χ1v) is 13.3. The molecule has 4 bridgehead atoms. The molecular formula is C28H44O4. The molecule has 0 spiro atoms. The van der Waals surface area contributed by atoms with Crippen LogP contribution in [0.2, 0.25) is 0 Å². The van der Waals surface area contributed by atoms with E-state index in [1.54, 1.807) is 0 Å². The Morgan fingerprint density at radius 1 is 0.594 bits per heavy atom. The zero-order valence-corrected chi connectivity index (χ0v) is 21.2. The molecule has 5 aliphatic rings. The van der Waals surface area contributed by atoms with Gasteiger partial charge in [-0.1, -0.05) is 41.5 Å². The second-order valence-electron chi connectivity index (χ2n) is 13.8. The Labute approximate surface area is 194 Å². The van der Waals surface area contributed by atoms with Crippen molar-refractivity contribution in [3.8, 4) is 0 Å². The molecule has 0 heterocycles. The number of hydrogen-bond donors (Lipinski definition) is 0. The molecule has 5 fully saturated rings. The maximum atomic E-state index is 13.0. The summed E-state index contributed by atoms with van der Waals surface area (Å²) in [5.41, 5.74) is 1.11. The topological polar surface area (TPSA) is 52.6 Å². The number of carbonyl (C=O) groups excluding carboxylic acids is 2. The minimum absolute atomic E-state index is 0.0171. The van der Waals surface area contributed by atoms with Gasteiger partial charge >= 0.3 is 11.9 Å². The van der Waals surface area contributed by atoms with Crippen LogP contribution in [0.15, 0.2) is 0 Å². The van der Waals surface area contributed by atoms with Gasteiger partial charge in [0.25, 0.3) is 0 Å². The van der Waals surface area contributed by atoms with E-state index < -0.39 is 0 Å². The summed E-state index contributed by atoms with van der Waals surface area (Å²) in [5.74, 6) is 0.864. The normalized spacial score (nSPS) is 48.1. The number of hydrogen-bond acceptors (Lipinski definition) is 4. The van der Waals surface area contributed by atoms with Gasteiger partial charge in [-0.3, -0.25) is 9.59 Å². The van der Waals surface area contributed by atoms with Gasteiger partial charge in [-0.05, 0) is 85.9 Å². The summed E-state index contributed by atoms with van der Waals surface area (Å²) in [4.78, 5) is 25.9. The van der Waals surface area contributed by atoms with E-state index in [2.05, 4.69) is 41.5 Å². The minimum Gasteiger partial charge on any atom is -0.462 e. The highest BCUT2D eigenvalue weighted by Gasteiger charge is 2.63. The lowest BCUT2D eigenvalue weighted by atomic mass is 9.71. The third kappa shape index (κ3) is 3.13. The van der Waals surface area contributed by atoms with Gasteiger partial charge < -0.3 is 9.47 Å². The van der Waals surface area contributed by atoms with Gasteiger partial charge in [0.2, 0.25) is 0 Å². The molecule has 32 heavy (non-hydrogen) atoms. The predicted octanol–water partition coefficient (Wildman–Crippen LogP) is 6.31. The molecule has 6 atom stereocenters. The van der Waals surface area contributed by atoms with Crippen LogP contribution in [0, 0.1) is 45.3 Å². The molecule has 0 amide bonds. The summed E-state index contributed by atoms with van der Waals surface area (Å²) in [5, 5.41) is 0. The molecule has 5 saturated carbocycles. The Balaban J connectivity index is 1.11. The first-order valence-electron chi connectivity index (χ1n) is 13.3. The van der Waals surface area contributed by atoms with Crippen LogP contribution < -0.4 is 0 Å². The largest absolute Gasteiger partial charge is 0.462 e. The van der Waals surface area contributed by atoms with Crippen molar-refractivity contribution in [2.24, 2.45) is 45.3 Å². The smallest absolute Gasteiger partial charge is 0.309 e. The summed E-state index contributed by atoms with van der Waals surface area (Å²) in [7, 11) is 0. The molecule has 6 unspecified atom stereocenters. The molecular weight excluding hydrogens is 400 g/mol. The van der Waals surface area contributed by atoms with Crippen LogP contribution in [0.5, 0.6) is 0 Å². The zero-order chi connectivity index (χ0) is 23.1. The fraction of sp³-hybridized carbons (Fsp3) is 0.929. The molecule has 4 nitrogen and oxygen atoms in total. The first kappa shape index (κ1) is 22.7. The molecule has 0 radical (unpaired) electrons.